The standard InChI is InChI=1S/C21H23NSSi/c1-16-9-5-6-10-18(16)15-22-19-13-7-11-17-12-8-14-20(21(17)19)23-24(2,3)4/h5-15H,1-4H3. The molecule has 0 atom stereocenters. The van der Waals surface area contributed by atoms with Gasteiger partial charge in [-0.15, -0.1) is 0 Å². The third-order valence-electron chi connectivity index (χ3n) is 3.79. The molecule has 24 heavy (non-hydrogen) atoms. The van der Waals surface area contributed by atoms with Gasteiger partial charge in [0.2, 0.25) is 0 Å². The minimum absolute atomic E-state index is 1.05. The quantitative estimate of drug-likeness (QED) is 0.371. The minimum atomic E-state index is -1.27. The Bertz CT molecular complexity index is 888. The molecular weight excluding hydrogens is 326 g/mol. The average Bonchev–Trinajstić information content (AvgIpc) is 2.53. The summed E-state index contributed by atoms with van der Waals surface area (Å²) in [6, 6.07) is 21.3. The van der Waals surface area contributed by atoms with Crippen molar-refractivity contribution in [3.8, 4) is 0 Å². The molecule has 0 spiro atoms. The van der Waals surface area contributed by atoms with E-state index in [1.54, 1.807) is 0 Å². The van der Waals surface area contributed by atoms with Crippen molar-refractivity contribution in [2.24, 2.45) is 4.99 Å². The van der Waals surface area contributed by atoms with Crippen molar-refractivity contribution in [2.45, 2.75) is 31.5 Å². The normalized spacial score (nSPS) is 12.2. The number of rotatable bonds is 4. The number of aliphatic imine (C=N–C) groups is 1. The fraction of sp³-hybridized carbons (Fsp3) is 0.190. The predicted octanol–water partition coefficient (Wildman–Crippen LogP) is 6.83. The number of hydrogen-bond acceptors (Lipinski definition) is 2. The Morgan fingerprint density at radius 2 is 1.58 bits per heavy atom. The molecule has 0 bridgehead atoms. The van der Waals surface area contributed by atoms with Crippen molar-refractivity contribution in [1.29, 1.82) is 0 Å². The van der Waals surface area contributed by atoms with Crippen LogP contribution in [-0.2, 0) is 0 Å². The summed E-state index contributed by atoms with van der Waals surface area (Å²) in [5, 5.41) is 2.54. The van der Waals surface area contributed by atoms with Crippen LogP contribution in [0.2, 0.25) is 19.6 Å². The summed E-state index contributed by atoms with van der Waals surface area (Å²) < 4.78 is 0. The highest BCUT2D eigenvalue weighted by atomic mass is 32.4. The SMILES string of the molecule is Cc1ccccc1C=Nc1cccc2cccc(S[Si](C)(C)C)c12. The number of fused-ring (bicyclic) bond motifs is 1. The maximum atomic E-state index is 4.83. The highest BCUT2D eigenvalue weighted by molar-refractivity contribution is 8.28. The lowest BCUT2D eigenvalue weighted by Crippen LogP contribution is -2.13. The molecule has 0 aromatic heterocycles. The maximum Gasteiger partial charge on any atom is 0.114 e. The zero-order chi connectivity index (χ0) is 17.2. The summed E-state index contributed by atoms with van der Waals surface area (Å²) in [6.07, 6.45) is 1.99. The molecule has 3 aromatic rings. The lowest BCUT2D eigenvalue weighted by atomic mass is 10.1. The molecule has 0 amide bonds. The van der Waals surface area contributed by atoms with Crippen molar-refractivity contribution >= 4 is 41.1 Å². The van der Waals surface area contributed by atoms with Crippen LogP contribution in [0.5, 0.6) is 0 Å². The van der Waals surface area contributed by atoms with Crippen molar-refractivity contribution in [3.05, 3.63) is 71.8 Å². The van der Waals surface area contributed by atoms with Crippen LogP contribution in [0.1, 0.15) is 11.1 Å². The summed E-state index contributed by atoms with van der Waals surface area (Å²) in [5.41, 5.74) is 3.47. The fourth-order valence-corrected chi connectivity index (χ4v) is 6.30. The van der Waals surface area contributed by atoms with Gasteiger partial charge in [-0.05, 0) is 35.6 Å². The zero-order valence-corrected chi connectivity index (χ0v) is 16.5. The molecular formula is C21H23NSSi. The first-order valence-corrected chi connectivity index (χ1v) is 13.3. The van der Waals surface area contributed by atoms with E-state index in [9.17, 15) is 0 Å². The molecule has 0 N–H and O–H groups in total. The van der Waals surface area contributed by atoms with Crippen LogP contribution in [0.3, 0.4) is 0 Å². The van der Waals surface area contributed by atoms with Gasteiger partial charge < -0.3 is 0 Å². The molecule has 0 aliphatic carbocycles. The van der Waals surface area contributed by atoms with E-state index in [0.717, 1.165) is 5.69 Å². The van der Waals surface area contributed by atoms with Gasteiger partial charge in [0.05, 0.1) is 5.69 Å². The van der Waals surface area contributed by atoms with Crippen LogP contribution in [0.25, 0.3) is 10.8 Å². The molecule has 122 valence electrons. The van der Waals surface area contributed by atoms with Crippen LogP contribution < -0.4 is 0 Å². The fourth-order valence-electron chi connectivity index (χ4n) is 2.68. The Kier molecular flexibility index (Phi) is 4.92. The van der Waals surface area contributed by atoms with Gasteiger partial charge in [0.25, 0.3) is 0 Å². The molecule has 3 heteroatoms. The van der Waals surface area contributed by atoms with Crippen molar-refractivity contribution in [1.82, 2.24) is 0 Å². The first kappa shape index (κ1) is 17.0. The number of hydrogen-bond donors (Lipinski definition) is 0. The number of nitrogens with zero attached hydrogens (tertiary/aromatic N) is 1. The predicted molar refractivity (Wildman–Crippen MR) is 112 cm³/mol. The van der Waals surface area contributed by atoms with E-state index >= 15 is 0 Å². The van der Waals surface area contributed by atoms with E-state index in [1.807, 2.05) is 17.4 Å². The first-order valence-electron chi connectivity index (χ1n) is 8.24. The number of aryl methyl sites for hydroxylation is 1. The second-order valence-corrected chi connectivity index (χ2v) is 16.1. The van der Waals surface area contributed by atoms with E-state index in [0.29, 0.717) is 0 Å². The maximum absolute atomic E-state index is 4.83. The Balaban J connectivity index is 2.09. The Hall–Kier alpha value is -1.84. The lowest BCUT2D eigenvalue weighted by Gasteiger charge is -2.17. The van der Waals surface area contributed by atoms with E-state index in [1.165, 1.54) is 26.8 Å². The molecule has 0 aliphatic heterocycles. The van der Waals surface area contributed by atoms with E-state index < -0.39 is 7.22 Å². The molecule has 0 unspecified atom stereocenters. The monoisotopic (exact) mass is 349 g/mol. The third-order valence-corrected chi connectivity index (χ3v) is 7.46. The topological polar surface area (TPSA) is 12.4 Å². The second kappa shape index (κ2) is 6.95. The van der Waals surface area contributed by atoms with Gasteiger partial charge in [0.1, 0.15) is 7.22 Å². The Morgan fingerprint density at radius 1 is 0.875 bits per heavy atom. The molecule has 0 radical (unpaired) electrons. The molecule has 3 rings (SSSR count). The lowest BCUT2D eigenvalue weighted by molar-refractivity contribution is 1.44. The first-order chi connectivity index (χ1) is 11.4. The van der Waals surface area contributed by atoms with Gasteiger partial charge in [0, 0.05) is 16.5 Å². The van der Waals surface area contributed by atoms with Crippen molar-refractivity contribution in [2.75, 3.05) is 0 Å². The molecule has 1 nitrogen and oxygen atoms in total. The minimum Gasteiger partial charge on any atom is -0.256 e. The van der Waals surface area contributed by atoms with Crippen LogP contribution >= 0.6 is 11.2 Å². The summed E-state index contributed by atoms with van der Waals surface area (Å²) >= 11 is 2.03. The van der Waals surface area contributed by atoms with E-state index in [-0.39, 0.29) is 0 Å². The summed E-state index contributed by atoms with van der Waals surface area (Å²) in [5.74, 6) is 0. The zero-order valence-electron chi connectivity index (χ0n) is 14.7. The number of benzene rings is 3. The molecule has 0 saturated heterocycles. The van der Waals surface area contributed by atoms with E-state index in [4.69, 9.17) is 4.99 Å². The third kappa shape index (κ3) is 3.97. The van der Waals surface area contributed by atoms with Crippen LogP contribution in [0.15, 0.2) is 70.6 Å². The van der Waals surface area contributed by atoms with Crippen LogP contribution in [-0.4, -0.2) is 13.4 Å². The second-order valence-electron chi connectivity index (χ2n) is 6.96. The molecule has 0 fully saturated rings. The van der Waals surface area contributed by atoms with Crippen molar-refractivity contribution in [3.63, 3.8) is 0 Å². The van der Waals surface area contributed by atoms with Gasteiger partial charge in [-0.25, -0.2) is 0 Å². The molecule has 0 saturated carbocycles. The molecule has 3 aromatic carbocycles. The summed E-state index contributed by atoms with van der Waals surface area (Å²) in [4.78, 5) is 6.18. The average molecular weight is 350 g/mol. The Labute approximate surface area is 149 Å². The molecule has 0 heterocycles. The van der Waals surface area contributed by atoms with Gasteiger partial charge in [0.15, 0.2) is 0 Å². The largest absolute Gasteiger partial charge is 0.256 e. The van der Waals surface area contributed by atoms with Gasteiger partial charge in [-0.3, -0.25) is 4.99 Å². The van der Waals surface area contributed by atoms with Gasteiger partial charge in [-0.1, -0.05) is 68.2 Å². The smallest absolute Gasteiger partial charge is 0.114 e. The molecule has 0 aliphatic rings. The van der Waals surface area contributed by atoms with Crippen molar-refractivity contribution < 1.29 is 0 Å². The summed E-state index contributed by atoms with van der Waals surface area (Å²) in [6.45, 7) is 9.28. The van der Waals surface area contributed by atoms with Crippen LogP contribution in [0, 0.1) is 6.92 Å². The van der Waals surface area contributed by atoms with E-state index in [2.05, 4.69) is 87.2 Å². The summed E-state index contributed by atoms with van der Waals surface area (Å²) in [7, 11) is -1.27. The highest BCUT2D eigenvalue weighted by Crippen LogP contribution is 2.38. The van der Waals surface area contributed by atoms with Gasteiger partial charge in [-0.2, -0.15) is 11.2 Å². The van der Waals surface area contributed by atoms with Crippen LogP contribution in [0.4, 0.5) is 5.69 Å². The highest BCUT2D eigenvalue weighted by Gasteiger charge is 2.17. The van der Waals surface area contributed by atoms with Gasteiger partial charge >= 0.3 is 0 Å². The Morgan fingerprint density at radius 3 is 2.29 bits per heavy atom.